The fourth-order valence-electron chi connectivity index (χ4n) is 1.73. The Bertz CT molecular complexity index is 588. The zero-order valence-corrected chi connectivity index (χ0v) is 13.6. The molecule has 118 valence electrons. The summed E-state index contributed by atoms with van der Waals surface area (Å²) >= 11 is 6.00. The van der Waals surface area contributed by atoms with E-state index in [9.17, 15) is 9.59 Å². The van der Waals surface area contributed by atoms with Crippen molar-refractivity contribution in [1.82, 2.24) is 5.32 Å². The van der Waals surface area contributed by atoms with Gasteiger partial charge in [-0.25, -0.2) is 0 Å². The summed E-state index contributed by atoms with van der Waals surface area (Å²) in [6.45, 7) is 5.27. The summed E-state index contributed by atoms with van der Waals surface area (Å²) in [6.07, 6.45) is -0.0820. The maximum atomic E-state index is 11.9. The van der Waals surface area contributed by atoms with Crippen LogP contribution in [0.3, 0.4) is 0 Å². The average Bonchev–Trinajstić information content (AvgIpc) is 2.41. The largest absolute Gasteiger partial charge is 0.460 e. The van der Waals surface area contributed by atoms with Crippen LogP contribution in [0, 0.1) is 11.3 Å². The molecule has 1 amide bonds. The van der Waals surface area contributed by atoms with Gasteiger partial charge in [0.05, 0.1) is 12.5 Å². The van der Waals surface area contributed by atoms with Gasteiger partial charge >= 0.3 is 5.97 Å². The smallest absolute Gasteiger partial charge is 0.306 e. The van der Waals surface area contributed by atoms with Gasteiger partial charge < -0.3 is 10.1 Å². The lowest BCUT2D eigenvalue weighted by Crippen LogP contribution is -2.29. The molecule has 0 saturated heterocycles. The summed E-state index contributed by atoms with van der Waals surface area (Å²) in [6, 6.07) is 7.93. The lowest BCUT2D eigenvalue weighted by Gasteiger charge is -2.19. The number of nitrogens with one attached hydrogen (secondary N) is 1. The van der Waals surface area contributed by atoms with Crippen molar-refractivity contribution < 1.29 is 14.3 Å². The van der Waals surface area contributed by atoms with Crippen molar-refractivity contribution in [3.63, 3.8) is 0 Å². The predicted molar refractivity (Wildman–Crippen MR) is 83.0 cm³/mol. The fraction of sp³-hybridized carbons (Fsp3) is 0.438. The number of nitrogens with zero attached hydrogens (tertiary/aromatic N) is 1. The van der Waals surface area contributed by atoms with Crippen molar-refractivity contribution in [2.75, 3.05) is 0 Å². The number of halogens is 1. The number of nitriles is 1. The number of esters is 1. The quantitative estimate of drug-likeness (QED) is 0.844. The van der Waals surface area contributed by atoms with E-state index in [-0.39, 0.29) is 12.8 Å². The van der Waals surface area contributed by atoms with Crippen LogP contribution in [0.2, 0.25) is 5.02 Å². The van der Waals surface area contributed by atoms with Crippen molar-refractivity contribution in [3.8, 4) is 6.07 Å². The lowest BCUT2D eigenvalue weighted by molar-refractivity contribution is -0.155. The molecule has 5 nitrogen and oxygen atoms in total. The zero-order chi connectivity index (χ0) is 16.8. The Morgan fingerprint density at radius 1 is 1.32 bits per heavy atom. The van der Waals surface area contributed by atoms with Crippen LogP contribution in [-0.4, -0.2) is 17.5 Å². The minimum Gasteiger partial charge on any atom is -0.460 e. The normalized spacial score (nSPS) is 12.1. The molecule has 0 unspecified atom stereocenters. The van der Waals surface area contributed by atoms with Crippen LogP contribution < -0.4 is 5.32 Å². The molecule has 6 heteroatoms. The van der Waals surface area contributed by atoms with Crippen LogP contribution in [0.5, 0.6) is 0 Å². The van der Waals surface area contributed by atoms with Crippen LogP contribution in [0.1, 0.15) is 45.2 Å². The van der Waals surface area contributed by atoms with E-state index in [1.807, 2.05) is 6.07 Å². The molecule has 0 heterocycles. The van der Waals surface area contributed by atoms with Crippen molar-refractivity contribution in [1.29, 1.82) is 5.26 Å². The second-order valence-electron chi connectivity index (χ2n) is 5.74. The zero-order valence-electron chi connectivity index (χ0n) is 12.9. The average molecular weight is 323 g/mol. The minimum absolute atomic E-state index is 0.0379. The van der Waals surface area contributed by atoms with E-state index in [0.29, 0.717) is 10.6 Å². The second-order valence-corrected chi connectivity index (χ2v) is 6.14. The number of carbonyl (C=O) groups is 2. The molecule has 0 bridgehead atoms. The third kappa shape index (κ3) is 6.15. The second kappa shape index (κ2) is 7.81. The molecule has 0 saturated carbocycles. The van der Waals surface area contributed by atoms with E-state index in [1.165, 1.54) is 0 Å². The van der Waals surface area contributed by atoms with Gasteiger partial charge in [0.1, 0.15) is 11.6 Å². The Hall–Kier alpha value is -2.06. The first-order valence-electron chi connectivity index (χ1n) is 6.88. The van der Waals surface area contributed by atoms with Crippen molar-refractivity contribution in [2.45, 2.75) is 45.3 Å². The first-order chi connectivity index (χ1) is 10.2. The molecule has 1 aromatic carbocycles. The highest BCUT2D eigenvalue weighted by atomic mass is 35.5. The molecule has 0 aliphatic heterocycles. The molecular weight excluding hydrogens is 304 g/mol. The predicted octanol–water partition coefficient (Wildman–Crippen LogP) is 3.14. The summed E-state index contributed by atoms with van der Waals surface area (Å²) in [5, 5.41) is 12.1. The molecule has 0 fully saturated rings. The molecule has 0 aliphatic carbocycles. The van der Waals surface area contributed by atoms with Crippen molar-refractivity contribution in [2.24, 2.45) is 0 Å². The summed E-state index contributed by atoms with van der Waals surface area (Å²) in [7, 11) is 0. The summed E-state index contributed by atoms with van der Waals surface area (Å²) < 4.78 is 5.12. The van der Waals surface area contributed by atoms with Gasteiger partial charge in [-0.05, 0) is 26.8 Å². The highest BCUT2D eigenvalue weighted by Gasteiger charge is 2.19. The van der Waals surface area contributed by atoms with E-state index in [4.69, 9.17) is 21.6 Å². The first-order valence-corrected chi connectivity index (χ1v) is 7.26. The standard InChI is InChI=1S/C16H19ClN2O3/c1-16(2,3)22-15(21)9-8-14(20)19-13(10-18)11-6-4-5-7-12(11)17/h4-7,13H,8-9H2,1-3H3,(H,19,20)/t13-/m0/s1. The van der Waals surface area contributed by atoms with Gasteiger partial charge in [0, 0.05) is 17.0 Å². The van der Waals surface area contributed by atoms with E-state index in [1.54, 1.807) is 45.0 Å². The van der Waals surface area contributed by atoms with Crippen LogP contribution >= 0.6 is 11.6 Å². The molecule has 1 rings (SSSR count). The minimum atomic E-state index is -0.847. The topological polar surface area (TPSA) is 79.2 Å². The van der Waals surface area contributed by atoms with Crippen molar-refractivity contribution in [3.05, 3.63) is 34.9 Å². The highest BCUT2D eigenvalue weighted by molar-refractivity contribution is 6.31. The van der Waals surface area contributed by atoms with Crippen molar-refractivity contribution >= 4 is 23.5 Å². The van der Waals surface area contributed by atoms with Crippen LogP contribution in [-0.2, 0) is 14.3 Å². The van der Waals surface area contributed by atoms with Gasteiger partial charge in [0.25, 0.3) is 0 Å². The Morgan fingerprint density at radius 2 is 1.95 bits per heavy atom. The SMILES string of the molecule is CC(C)(C)OC(=O)CCC(=O)N[C@@H](C#N)c1ccccc1Cl. The number of hydrogen-bond donors (Lipinski definition) is 1. The maximum absolute atomic E-state index is 11.9. The van der Waals surface area contributed by atoms with Gasteiger partial charge in [-0.3, -0.25) is 9.59 Å². The Morgan fingerprint density at radius 3 is 2.50 bits per heavy atom. The van der Waals surface area contributed by atoms with E-state index in [0.717, 1.165) is 0 Å². The molecule has 22 heavy (non-hydrogen) atoms. The van der Waals surface area contributed by atoms with Gasteiger partial charge in [0.15, 0.2) is 0 Å². The number of hydrogen-bond acceptors (Lipinski definition) is 4. The number of rotatable bonds is 5. The highest BCUT2D eigenvalue weighted by Crippen LogP contribution is 2.22. The van der Waals surface area contributed by atoms with E-state index in [2.05, 4.69) is 5.32 Å². The monoisotopic (exact) mass is 322 g/mol. The van der Waals surface area contributed by atoms with Gasteiger partial charge in [-0.15, -0.1) is 0 Å². The number of ether oxygens (including phenoxy) is 1. The number of amides is 1. The molecular formula is C16H19ClN2O3. The Labute approximate surface area is 135 Å². The third-order valence-electron chi connectivity index (χ3n) is 2.63. The fourth-order valence-corrected chi connectivity index (χ4v) is 1.97. The third-order valence-corrected chi connectivity index (χ3v) is 2.97. The van der Waals surface area contributed by atoms with Crippen LogP contribution in [0.4, 0.5) is 0 Å². The summed E-state index contributed by atoms with van der Waals surface area (Å²) in [5.74, 6) is -0.855. The first kappa shape index (κ1) is 18.0. The molecule has 1 aromatic rings. The van der Waals surface area contributed by atoms with Gasteiger partial charge in [-0.2, -0.15) is 5.26 Å². The molecule has 0 radical (unpaired) electrons. The molecule has 0 aromatic heterocycles. The van der Waals surface area contributed by atoms with Crippen LogP contribution in [0.15, 0.2) is 24.3 Å². The molecule has 0 aliphatic rings. The Balaban J connectivity index is 2.55. The van der Waals surface area contributed by atoms with Gasteiger partial charge in [0.2, 0.25) is 5.91 Å². The summed E-state index contributed by atoms with van der Waals surface area (Å²) in [4.78, 5) is 23.4. The lowest BCUT2D eigenvalue weighted by atomic mass is 10.1. The van der Waals surface area contributed by atoms with E-state index >= 15 is 0 Å². The molecule has 1 atom stereocenters. The number of carbonyl (C=O) groups excluding carboxylic acids is 2. The van der Waals surface area contributed by atoms with Crippen LogP contribution in [0.25, 0.3) is 0 Å². The molecule has 1 N–H and O–H groups in total. The maximum Gasteiger partial charge on any atom is 0.306 e. The van der Waals surface area contributed by atoms with Gasteiger partial charge in [-0.1, -0.05) is 29.8 Å². The van der Waals surface area contributed by atoms with E-state index < -0.39 is 23.5 Å². The molecule has 0 spiro atoms. The Kier molecular flexibility index (Phi) is 6.39. The summed E-state index contributed by atoms with van der Waals surface area (Å²) in [5.41, 5.74) is -0.0578. The number of benzene rings is 1.